The second kappa shape index (κ2) is 6.29. The normalized spacial score (nSPS) is 11.7. The first kappa shape index (κ1) is 15.4. The summed E-state index contributed by atoms with van der Waals surface area (Å²) in [5, 5.41) is 2.94. The van der Waals surface area contributed by atoms with Crippen LogP contribution in [-0.2, 0) is 16.6 Å². The average Bonchev–Trinajstić information content (AvgIpc) is 3.16. The quantitative estimate of drug-likeness (QED) is 0.764. The summed E-state index contributed by atoms with van der Waals surface area (Å²) in [6.45, 7) is 2.16. The number of nitrogens with zero attached hydrogens (tertiary/aromatic N) is 1. The van der Waals surface area contributed by atoms with Crippen LogP contribution in [0.15, 0.2) is 52.7 Å². The van der Waals surface area contributed by atoms with Crippen molar-refractivity contribution in [3.8, 4) is 9.88 Å². The Hall–Kier alpha value is -1.54. The van der Waals surface area contributed by atoms with Gasteiger partial charge in [-0.1, -0.05) is 24.3 Å². The number of aromatic nitrogens is 1. The Labute approximate surface area is 137 Å². The predicted octanol–water partition coefficient (Wildman–Crippen LogP) is 3.66. The Morgan fingerprint density at radius 1 is 1.14 bits per heavy atom. The third kappa shape index (κ3) is 3.27. The average molecular weight is 350 g/mol. The zero-order chi connectivity index (χ0) is 15.6. The van der Waals surface area contributed by atoms with Gasteiger partial charge >= 0.3 is 0 Å². The highest BCUT2D eigenvalue weighted by Gasteiger charge is 2.16. The van der Waals surface area contributed by atoms with Gasteiger partial charge in [0, 0.05) is 11.4 Å². The molecule has 0 atom stereocenters. The van der Waals surface area contributed by atoms with Crippen molar-refractivity contribution < 1.29 is 8.42 Å². The largest absolute Gasteiger partial charge is 0.240 e. The number of thiazole rings is 1. The van der Waals surface area contributed by atoms with E-state index < -0.39 is 10.0 Å². The lowest BCUT2D eigenvalue weighted by atomic mass is 10.4. The van der Waals surface area contributed by atoms with Gasteiger partial charge in [0.15, 0.2) is 0 Å². The first-order chi connectivity index (χ1) is 10.6. The van der Waals surface area contributed by atoms with Crippen molar-refractivity contribution in [2.24, 2.45) is 0 Å². The number of nitrogens with one attached hydrogen (secondary N) is 1. The lowest BCUT2D eigenvalue weighted by Gasteiger charge is -2.05. The highest BCUT2D eigenvalue weighted by Crippen LogP contribution is 2.31. The van der Waals surface area contributed by atoms with Gasteiger partial charge in [0.25, 0.3) is 0 Å². The van der Waals surface area contributed by atoms with Crippen LogP contribution in [0.5, 0.6) is 0 Å². The van der Waals surface area contributed by atoms with Gasteiger partial charge in [0.1, 0.15) is 5.01 Å². The molecule has 0 spiro atoms. The minimum absolute atomic E-state index is 0.256. The summed E-state index contributed by atoms with van der Waals surface area (Å²) in [6, 6.07) is 12.4. The zero-order valence-corrected chi connectivity index (χ0v) is 14.3. The van der Waals surface area contributed by atoms with E-state index in [4.69, 9.17) is 0 Å². The molecular formula is C15H14N2O2S3. The van der Waals surface area contributed by atoms with E-state index in [-0.39, 0.29) is 11.4 Å². The minimum Gasteiger partial charge on any atom is -0.240 e. The Morgan fingerprint density at radius 3 is 2.59 bits per heavy atom. The van der Waals surface area contributed by atoms with Crippen LogP contribution in [0.25, 0.3) is 9.88 Å². The molecule has 0 aliphatic rings. The molecule has 0 saturated carbocycles. The molecule has 114 valence electrons. The first-order valence-electron chi connectivity index (χ1n) is 6.61. The van der Waals surface area contributed by atoms with Crippen molar-refractivity contribution in [3.63, 3.8) is 0 Å². The monoisotopic (exact) mass is 350 g/mol. The molecule has 0 saturated heterocycles. The first-order valence-corrected chi connectivity index (χ1v) is 9.79. The van der Waals surface area contributed by atoms with Crippen LogP contribution in [0.1, 0.15) is 10.6 Å². The molecule has 0 aliphatic carbocycles. The van der Waals surface area contributed by atoms with Crippen molar-refractivity contribution in [1.82, 2.24) is 9.71 Å². The molecular weight excluding hydrogens is 336 g/mol. The van der Waals surface area contributed by atoms with E-state index in [1.165, 1.54) is 11.3 Å². The molecule has 0 fully saturated rings. The topological polar surface area (TPSA) is 59.1 Å². The summed E-state index contributed by atoms with van der Waals surface area (Å²) in [5.41, 5.74) is 0.865. The fraction of sp³-hybridized carbons (Fsp3) is 0.133. The van der Waals surface area contributed by atoms with E-state index in [9.17, 15) is 8.42 Å². The summed E-state index contributed by atoms with van der Waals surface area (Å²) < 4.78 is 27.1. The van der Waals surface area contributed by atoms with Gasteiger partial charge in [-0.2, -0.15) is 0 Å². The number of hydrogen-bond donors (Lipinski definition) is 1. The van der Waals surface area contributed by atoms with Crippen LogP contribution < -0.4 is 4.72 Å². The fourth-order valence-corrected chi connectivity index (χ4v) is 4.85. The fourth-order valence-electron chi connectivity index (χ4n) is 1.94. The zero-order valence-electron chi connectivity index (χ0n) is 11.8. The van der Waals surface area contributed by atoms with Gasteiger partial charge in [0.05, 0.1) is 15.5 Å². The molecule has 0 aliphatic heterocycles. The van der Waals surface area contributed by atoms with E-state index in [1.54, 1.807) is 41.7 Å². The van der Waals surface area contributed by atoms with Crippen LogP contribution in [0, 0.1) is 6.92 Å². The number of benzene rings is 1. The summed E-state index contributed by atoms with van der Waals surface area (Å²) in [4.78, 5) is 6.83. The lowest BCUT2D eigenvalue weighted by molar-refractivity contribution is 0.581. The molecule has 1 aromatic carbocycles. The smallest absolute Gasteiger partial charge is 0.240 e. The number of thiophene rings is 1. The number of sulfonamides is 1. The van der Waals surface area contributed by atoms with Gasteiger partial charge in [-0.15, -0.1) is 22.7 Å². The molecule has 3 aromatic rings. The highest BCUT2D eigenvalue weighted by molar-refractivity contribution is 7.89. The molecule has 0 unspecified atom stereocenters. The molecule has 2 heterocycles. The Balaban J connectivity index is 1.77. The van der Waals surface area contributed by atoms with Crippen molar-refractivity contribution in [2.45, 2.75) is 18.4 Å². The van der Waals surface area contributed by atoms with Crippen molar-refractivity contribution in [3.05, 3.63) is 58.4 Å². The van der Waals surface area contributed by atoms with Crippen LogP contribution in [0.2, 0.25) is 0 Å². The molecule has 7 heteroatoms. The van der Waals surface area contributed by atoms with Crippen LogP contribution in [0.3, 0.4) is 0 Å². The summed E-state index contributed by atoms with van der Waals surface area (Å²) in [7, 11) is -3.49. The number of aryl methyl sites for hydroxylation is 1. The van der Waals surface area contributed by atoms with Gasteiger partial charge in [-0.3, -0.25) is 0 Å². The third-order valence-corrected chi connectivity index (χ3v) is 6.71. The van der Waals surface area contributed by atoms with E-state index in [0.29, 0.717) is 0 Å². The summed E-state index contributed by atoms with van der Waals surface area (Å²) in [5.74, 6) is 0. The molecule has 1 N–H and O–H groups in total. The van der Waals surface area contributed by atoms with E-state index in [1.807, 2.05) is 24.4 Å². The van der Waals surface area contributed by atoms with Gasteiger partial charge in [-0.25, -0.2) is 18.1 Å². The number of rotatable bonds is 5. The van der Waals surface area contributed by atoms with E-state index in [0.717, 1.165) is 20.5 Å². The highest BCUT2D eigenvalue weighted by atomic mass is 32.2. The van der Waals surface area contributed by atoms with Gasteiger partial charge < -0.3 is 0 Å². The maximum absolute atomic E-state index is 12.2. The standard InChI is InChI=1S/C15H14N2O2S3/c1-11-14(21-15(17-11)13-8-5-9-20-13)10-16-22(18,19)12-6-3-2-4-7-12/h2-9,16H,10H2,1H3. The maximum Gasteiger partial charge on any atom is 0.240 e. The predicted molar refractivity (Wildman–Crippen MR) is 90.6 cm³/mol. The van der Waals surface area contributed by atoms with Crippen LogP contribution >= 0.6 is 22.7 Å². The van der Waals surface area contributed by atoms with Crippen molar-refractivity contribution in [2.75, 3.05) is 0 Å². The second-order valence-electron chi connectivity index (χ2n) is 4.64. The Morgan fingerprint density at radius 2 is 1.91 bits per heavy atom. The Bertz CT molecular complexity index is 854. The van der Waals surface area contributed by atoms with Gasteiger partial charge in [0.2, 0.25) is 10.0 Å². The van der Waals surface area contributed by atoms with Crippen molar-refractivity contribution in [1.29, 1.82) is 0 Å². The SMILES string of the molecule is Cc1nc(-c2cccs2)sc1CNS(=O)(=O)c1ccccc1. The third-order valence-electron chi connectivity index (χ3n) is 3.10. The Kier molecular flexibility index (Phi) is 4.39. The molecule has 0 radical (unpaired) electrons. The molecule has 22 heavy (non-hydrogen) atoms. The molecule has 0 amide bonds. The molecule has 0 bridgehead atoms. The van der Waals surface area contributed by atoms with Crippen LogP contribution in [0.4, 0.5) is 0 Å². The minimum atomic E-state index is -3.49. The second-order valence-corrected chi connectivity index (χ2v) is 8.44. The van der Waals surface area contributed by atoms with E-state index >= 15 is 0 Å². The number of hydrogen-bond acceptors (Lipinski definition) is 5. The van der Waals surface area contributed by atoms with Crippen molar-refractivity contribution >= 4 is 32.7 Å². The molecule has 2 aromatic heterocycles. The lowest BCUT2D eigenvalue weighted by Crippen LogP contribution is -2.23. The molecule has 3 rings (SSSR count). The van der Waals surface area contributed by atoms with Crippen LogP contribution in [-0.4, -0.2) is 13.4 Å². The van der Waals surface area contributed by atoms with E-state index in [2.05, 4.69) is 9.71 Å². The molecule has 4 nitrogen and oxygen atoms in total. The summed E-state index contributed by atoms with van der Waals surface area (Å²) in [6.07, 6.45) is 0. The maximum atomic E-state index is 12.2. The van der Waals surface area contributed by atoms with Gasteiger partial charge in [-0.05, 0) is 30.5 Å². The summed E-state index contributed by atoms with van der Waals surface area (Å²) >= 11 is 3.15.